The Morgan fingerprint density at radius 2 is 2.09 bits per heavy atom. The highest BCUT2D eigenvalue weighted by Crippen LogP contribution is 2.53. The topological polar surface area (TPSA) is 60.9 Å². The van der Waals surface area contributed by atoms with Crippen LogP contribution in [-0.4, -0.2) is 46.5 Å². The third-order valence-corrected chi connectivity index (χ3v) is 5.41. The molecule has 1 saturated carbocycles. The van der Waals surface area contributed by atoms with Crippen molar-refractivity contribution in [2.45, 2.75) is 31.7 Å². The van der Waals surface area contributed by atoms with Crippen molar-refractivity contribution in [2.24, 2.45) is 5.41 Å². The van der Waals surface area contributed by atoms with Crippen molar-refractivity contribution in [2.75, 3.05) is 19.6 Å². The summed E-state index contributed by atoms with van der Waals surface area (Å²) in [6.45, 7) is 1.80. The molecule has 1 N–H and O–H groups in total. The van der Waals surface area contributed by atoms with E-state index in [2.05, 4.69) is 6.07 Å². The molecule has 1 saturated heterocycles. The van der Waals surface area contributed by atoms with Gasteiger partial charge in [-0.25, -0.2) is 4.79 Å². The number of likely N-dealkylation sites (tertiary alicyclic amines) is 1. The summed E-state index contributed by atoms with van der Waals surface area (Å²) >= 11 is 0. The first-order valence-electron chi connectivity index (χ1n) is 7.93. The molecule has 2 heterocycles. The standard InChI is InChI=1S/C17H20N2O3/c20-15-9-17(6-7-17)11-18(15)10-14-13-4-2-1-3-12(13)5-8-19(14)16(21)22/h1-4,14H,5-11H2,(H,21,22). The minimum Gasteiger partial charge on any atom is -0.465 e. The number of hydrogen-bond acceptors (Lipinski definition) is 2. The first kappa shape index (κ1) is 13.6. The normalized spacial score (nSPS) is 25.5. The average molecular weight is 300 g/mol. The van der Waals surface area contributed by atoms with Crippen LogP contribution < -0.4 is 0 Å². The third-order valence-electron chi connectivity index (χ3n) is 5.41. The first-order valence-corrected chi connectivity index (χ1v) is 7.93. The zero-order valence-corrected chi connectivity index (χ0v) is 12.5. The summed E-state index contributed by atoms with van der Waals surface area (Å²) in [5.41, 5.74) is 2.48. The van der Waals surface area contributed by atoms with Crippen molar-refractivity contribution in [1.82, 2.24) is 9.80 Å². The molecule has 5 nitrogen and oxygen atoms in total. The predicted molar refractivity (Wildman–Crippen MR) is 80.5 cm³/mol. The smallest absolute Gasteiger partial charge is 0.407 e. The van der Waals surface area contributed by atoms with Gasteiger partial charge in [0.2, 0.25) is 5.91 Å². The molecule has 0 aromatic heterocycles. The molecule has 0 bridgehead atoms. The van der Waals surface area contributed by atoms with Gasteiger partial charge in [-0.2, -0.15) is 0 Å². The molecule has 2 fully saturated rings. The summed E-state index contributed by atoms with van der Waals surface area (Å²) < 4.78 is 0. The number of hydrogen-bond donors (Lipinski definition) is 1. The molecule has 1 unspecified atom stereocenters. The van der Waals surface area contributed by atoms with E-state index in [1.807, 2.05) is 23.1 Å². The lowest BCUT2D eigenvalue weighted by atomic mass is 9.92. The second kappa shape index (κ2) is 4.73. The highest BCUT2D eigenvalue weighted by atomic mass is 16.4. The molecule has 0 radical (unpaired) electrons. The highest BCUT2D eigenvalue weighted by Gasteiger charge is 2.52. The quantitative estimate of drug-likeness (QED) is 0.911. The maximum absolute atomic E-state index is 12.3. The number of benzene rings is 1. The fraction of sp³-hybridized carbons (Fsp3) is 0.529. The van der Waals surface area contributed by atoms with Gasteiger partial charge in [-0.3, -0.25) is 9.69 Å². The van der Waals surface area contributed by atoms with Gasteiger partial charge in [0, 0.05) is 26.1 Å². The van der Waals surface area contributed by atoms with Crippen molar-refractivity contribution >= 4 is 12.0 Å². The number of carbonyl (C=O) groups is 2. The number of rotatable bonds is 2. The zero-order chi connectivity index (χ0) is 15.3. The second-order valence-electron chi connectivity index (χ2n) is 6.89. The molecule has 2 amide bonds. The van der Waals surface area contributed by atoms with E-state index in [-0.39, 0.29) is 17.4 Å². The molecule has 1 spiro atoms. The van der Waals surface area contributed by atoms with Crippen LogP contribution in [0.5, 0.6) is 0 Å². The van der Waals surface area contributed by atoms with Crippen LogP contribution in [0, 0.1) is 5.41 Å². The molecule has 1 atom stereocenters. The molecule has 4 rings (SSSR count). The van der Waals surface area contributed by atoms with Gasteiger partial charge in [-0.15, -0.1) is 0 Å². The molecule has 1 aliphatic carbocycles. The summed E-state index contributed by atoms with van der Waals surface area (Å²) in [5.74, 6) is 0.186. The first-order chi connectivity index (χ1) is 10.6. The van der Waals surface area contributed by atoms with Crippen molar-refractivity contribution < 1.29 is 14.7 Å². The molecule has 2 aliphatic heterocycles. The van der Waals surface area contributed by atoms with Gasteiger partial charge in [-0.05, 0) is 35.8 Å². The Morgan fingerprint density at radius 1 is 1.32 bits per heavy atom. The number of nitrogens with zero attached hydrogens (tertiary/aromatic N) is 2. The lowest BCUT2D eigenvalue weighted by molar-refractivity contribution is -0.128. The summed E-state index contributed by atoms with van der Waals surface area (Å²) in [7, 11) is 0. The van der Waals surface area contributed by atoms with E-state index in [0.29, 0.717) is 19.5 Å². The van der Waals surface area contributed by atoms with E-state index in [0.717, 1.165) is 31.4 Å². The molecule has 1 aromatic carbocycles. The van der Waals surface area contributed by atoms with Crippen LogP contribution in [-0.2, 0) is 11.2 Å². The van der Waals surface area contributed by atoms with E-state index in [9.17, 15) is 14.7 Å². The maximum Gasteiger partial charge on any atom is 0.407 e. The third kappa shape index (κ3) is 2.16. The Bertz CT molecular complexity index is 639. The van der Waals surface area contributed by atoms with Crippen LogP contribution in [0.2, 0.25) is 0 Å². The Morgan fingerprint density at radius 3 is 2.77 bits per heavy atom. The van der Waals surface area contributed by atoms with Gasteiger partial charge in [0.05, 0.1) is 6.04 Å². The molecule has 116 valence electrons. The molecular formula is C17H20N2O3. The Balaban J connectivity index is 1.62. The summed E-state index contributed by atoms with van der Waals surface area (Å²) in [6.07, 6.45) is 2.77. The van der Waals surface area contributed by atoms with Gasteiger partial charge < -0.3 is 10.0 Å². The van der Waals surface area contributed by atoms with Crippen LogP contribution in [0.4, 0.5) is 4.79 Å². The van der Waals surface area contributed by atoms with E-state index in [1.54, 1.807) is 0 Å². The fourth-order valence-electron chi connectivity index (χ4n) is 3.95. The highest BCUT2D eigenvalue weighted by molar-refractivity contribution is 5.80. The van der Waals surface area contributed by atoms with Crippen molar-refractivity contribution in [3.63, 3.8) is 0 Å². The Kier molecular flexibility index (Phi) is 2.93. The molecule has 22 heavy (non-hydrogen) atoms. The van der Waals surface area contributed by atoms with E-state index in [4.69, 9.17) is 0 Å². The number of amides is 2. The monoisotopic (exact) mass is 300 g/mol. The van der Waals surface area contributed by atoms with Crippen LogP contribution in [0.25, 0.3) is 0 Å². The van der Waals surface area contributed by atoms with Gasteiger partial charge in [-0.1, -0.05) is 24.3 Å². The largest absolute Gasteiger partial charge is 0.465 e. The molecular weight excluding hydrogens is 280 g/mol. The zero-order valence-electron chi connectivity index (χ0n) is 12.5. The summed E-state index contributed by atoms with van der Waals surface area (Å²) in [4.78, 5) is 27.2. The van der Waals surface area contributed by atoms with Crippen molar-refractivity contribution in [1.29, 1.82) is 0 Å². The maximum atomic E-state index is 12.3. The van der Waals surface area contributed by atoms with Crippen LogP contribution in [0.3, 0.4) is 0 Å². The Hall–Kier alpha value is -2.04. The lowest BCUT2D eigenvalue weighted by Gasteiger charge is -2.37. The van der Waals surface area contributed by atoms with E-state index >= 15 is 0 Å². The fourth-order valence-corrected chi connectivity index (χ4v) is 3.95. The average Bonchev–Trinajstić information content (AvgIpc) is 3.17. The van der Waals surface area contributed by atoms with Gasteiger partial charge in [0.1, 0.15) is 0 Å². The van der Waals surface area contributed by atoms with Crippen molar-refractivity contribution in [3.05, 3.63) is 35.4 Å². The molecule has 5 heteroatoms. The SMILES string of the molecule is O=C1CC2(CC2)CN1CC1c2ccccc2CCN1C(=O)O. The molecule has 1 aromatic rings. The summed E-state index contributed by atoms with van der Waals surface area (Å²) in [5, 5.41) is 9.51. The number of carbonyl (C=O) groups excluding carboxylic acids is 1. The predicted octanol–water partition coefficient (Wildman–Crippen LogP) is 2.28. The van der Waals surface area contributed by atoms with Gasteiger partial charge in [0.25, 0.3) is 0 Å². The van der Waals surface area contributed by atoms with E-state index in [1.165, 1.54) is 10.5 Å². The minimum absolute atomic E-state index is 0.186. The van der Waals surface area contributed by atoms with Crippen LogP contribution >= 0.6 is 0 Å². The molecule has 3 aliphatic rings. The second-order valence-corrected chi connectivity index (χ2v) is 6.89. The van der Waals surface area contributed by atoms with Crippen molar-refractivity contribution in [3.8, 4) is 0 Å². The van der Waals surface area contributed by atoms with Gasteiger partial charge in [0.15, 0.2) is 0 Å². The minimum atomic E-state index is -0.896. The van der Waals surface area contributed by atoms with Gasteiger partial charge >= 0.3 is 6.09 Å². The number of fused-ring (bicyclic) bond motifs is 1. The summed E-state index contributed by atoms with van der Waals surface area (Å²) in [6, 6.07) is 7.77. The Labute approximate surface area is 129 Å². The lowest BCUT2D eigenvalue weighted by Crippen LogP contribution is -2.45. The van der Waals surface area contributed by atoms with Crippen LogP contribution in [0.1, 0.15) is 36.4 Å². The van der Waals surface area contributed by atoms with E-state index < -0.39 is 6.09 Å². The number of carboxylic acid groups (broad SMARTS) is 1. The van der Waals surface area contributed by atoms with Crippen LogP contribution in [0.15, 0.2) is 24.3 Å².